The van der Waals surface area contributed by atoms with Crippen molar-refractivity contribution < 1.29 is 8.78 Å². The Bertz CT molecular complexity index is 558. The number of anilines is 3. The Morgan fingerprint density at radius 2 is 1.79 bits per heavy atom. The van der Waals surface area contributed by atoms with E-state index in [1.54, 1.807) is 12.1 Å². The van der Waals surface area contributed by atoms with Gasteiger partial charge in [-0.05, 0) is 30.7 Å². The maximum atomic E-state index is 13.5. The minimum absolute atomic E-state index is 0.0696. The topological polar surface area (TPSA) is 37.0 Å². The quantitative estimate of drug-likeness (QED) is 0.858. The van der Waals surface area contributed by atoms with Gasteiger partial charge in [0.25, 0.3) is 0 Å². The minimum atomic E-state index is -0.906. The van der Waals surface area contributed by atoms with Crippen LogP contribution in [-0.2, 0) is 0 Å². The van der Waals surface area contributed by atoms with E-state index >= 15 is 0 Å². The van der Waals surface area contributed by atoms with Crippen LogP contribution in [0.1, 0.15) is 13.3 Å². The monoisotopic (exact) mass is 263 g/mol. The molecule has 1 aromatic carbocycles. The van der Waals surface area contributed by atoms with Crippen LogP contribution >= 0.6 is 0 Å². The number of pyridine rings is 1. The Labute approximate surface area is 110 Å². The Balaban J connectivity index is 2.16. The van der Waals surface area contributed by atoms with Crippen molar-refractivity contribution in [2.75, 3.05) is 17.2 Å². The number of rotatable bonds is 5. The number of halogens is 2. The van der Waals surface area contributed by atoms with E-state index in [0.717, 1.165) is 19.0 Å². The fourth-order valence-corrected chi connectivity index (χ4v) is 1.59. The van der Waals surface area contributed by atoms with Crippen LogP contribution in [0.15, 0.2) is 36.4 Å². The van der Waals surface area contributed by atoms with E-state index in [9.17, 15) is 8.78 Å². The highest BCUT2D eigenvalue weighted by molar-refractivity contribution is 5.58. The number of nitrogens with zero attached hydrogens (tertiary/aromatic N) is 1. The third-order valence-electron chi connectivity index (χ3n) is 2.52. The van der Waals surface area contributed by atoms with E-state index in [2.05, 4.69) is 22.5 Å². The molecule has 2 aromatic rings. The van der Waals surface area contributed by atoms with Gasteiger partial charge in [0.2, 0.25) is 0 Å². The molecule has 0 fully saturated rings. The van der Waals surface area contributed by atoms with Crippen LogP contribution in [0, 0.1) is 11.6 Å². The van der Waals surface area contributed by atoms with Gasteiger partial charge in [0.1, 0.15) is 11.6 Å². The molecule has 0 saturated heterocycles. The van der Waals surface area contributed by atoms with E-state index < -0.39 is 11.6 Å². The van der Waals surface area contributed by atoms with E-state index in [-0.39, 0.29) is 5.69 Å². The molecule has 0 radical (unpaired) electrons. The van der Waals surface area contributed by atoms with Gasteiger partial charge in [-0.1, -0.05) is 19.1 Å². The van der Waals surface area contributed by atoms with E-state index in [4.69, 9.17) is 0 Å². The SMILES string of the molecule is CCCNc1cccc(Nc2cccc(F)c2F)n1. The first-order valence-corrected chi connectivity index (χ1v) is 6.12. The number of benzene rings is 1. The van der Waals surface area contributed by atoms with Gasteiger partial charge < -0.3 is 10.6 Å². The maximum Gasteiger partial charge on any atom is 0.182 e. The van der Waals surface area contributed by atoms with Crippen LogP contribution in [0.4, 0.5) is 26.1 Å². The second-order valence-corrected chi connectivity index (χ2v) is 4.06. The van der Waals surface area contributed by atoms with Crippen LogP contribution in [0.2, 0.25) is 0 Å². The maximum absolute atomic E-state index is 13.5. The number of hydrogen-bond acceptors (Lipinski definition) is 3. The van der Waals surface area contributed by atoms with Crippen molar-refractivity contribution in [1.82, 2.24) is 4.98 Å². The molecule has 2 rings (SSSR count). The smallest absolute Gasteiger partial charge is 0.182 e. The minimum Gasteiger partial charge on any atom is -0.370 e. The van der Waals surface area contributed by atoms with Crippen molar-refractivity contribution in [1.29, 1.82) is 0 Å². The Kier molecular flexibility index (Phi) is 4.28. The van der Waals surface area contributed by atoms with Crippen LogP contribution in [0.25, 0.3) is 0 Å². The second kappa shape index (κ2) is 6.13. The van der Waals surface area contributed by atoms with Gasteiger partial charge in [0.15, 0.2) is 11.6 Å². The zero-order valence-corrected chi connectivity index (χ0v) is 10.6. The number of hydrogen-bond donors (Lipinski definition) is 2. The van der Waals surface area contributed by atoms with E-state index in [1.807, 2.05) is 6.07 Å². The largest absolute Gasteiger partial charge is 0.370 e. The highest BCUT2D eigenvalue weighted by Crippen LogP contribution is 2.21. The molecule has 0 amide bonds. The molecule has 1 aromatic heterocycles. The molecule has 19 heavy (non-hydrogen) atoms. The van der Waals surface area contributed by atoms with Crippen LogP contribution < -0.4 is 10.6 Å². The van der Waals surface area contributed by atoms with Gasteiger partial charge in [0.05, 0.1) is 5.69 Å². The van der Waals surface area contributed by atoms with Crippen LogP contribution in [0.3, 0.4) is 0 Å². The summed E-state index contributed by atoms with van der Waals surface area (Å²) in [6.45, 7) is 2.86. The van der Waals surface area contributed by atoms with Gasteiger partial charge in [-0.15, -0.1) is 0 Å². The first kappa shape index (κ1) is 13.3. The van der Waals surface area contributed by atoms with Gasteiger partial charge in [-0.3, -0.25) is 0 Å². The van der Waals surface area contributed by atoms with E-state index in [0.29, 0.717) is 11.6 Å². The molecule has 3 nitrogen and oxygen atoms in total. The summed E-state index contributed by atoms with van der Waals surface area (Å²) in [6.07, 6.45) is 0.984. The summed E-state index contributed by atoms with van der Waals surface area (Å²) >= 11 is 0. The van der Waals surface area contributed by atoms with E-state index in [1.165, 1.54) is 12.1 Å². The molecule has 0 unspecified atom stereocenters. The molecular formula is C14H15F2N3. The normalized spacial score (nSPS) is 10.3. The average Bonchev–Trinajstić information content (AvgIpc) is 2.42. The Morgan fingerprint density at radius 1 is 1.05 bits per heavy atom. The van der Waals surface area contributed by atoms with Crippen molar-refractivity contribution in [3.63, 3.8) is 0 Å². The van der Waals surface area contributed by atoms with Crippen molar-refractivity contribution in [3.05, 3.63) is 48.0 Å². The third kappa shape index (κ3) is 3.40. The summed E-state index contributed by atoms with van der Waals surface area (Å²) in [5.74, 6) is -0.629. The zero-order chi connectivity index (χ0) is 13.7. The lowest BCUT2D eigenvalue weighted by atomic mass is 10.3. The molecular weight excluding hydrogens is 248 g/mol. The van der Waals surface area contributed by atoms with Crippen LogP contribution in [0.5, 0.6) is 0 Å². The third-order valence-corrected chi connectivity index (χ3v) is 2.52. The molecule has 0 bridgehead atoms. The van der Waals surface area contributed by atoms with Gasteiger partial charge in [0, 0.05) is 6.54 Å². The molecule has 0 aliphatic heterocycles. The summed E-state index contributed by atoms with van der Waals surface area (Å²) in [5.41, 5.74) is 0.0696. The highest BCUT2D eigenvalue weighted by Gasteiger charge is 2.08. The molecule has 0 aliphatic carbocycles. The summed E-state index contributed by atoms with van der Waals surface area (Å²) in [6, 6.07) is 9.30. The van der Waals surface area contributed by atoms with Gasteiger partial charge in [-0.25, -0.2) is 13.8 Å². The first-order chi connectivity index (χ1) is 9.20. The van der Waals surface area contributed by atoms with Crippen LogP contribution in [-0.4, -0.2) is 11.5 Å². The first-order valence-electron chi connectivity index (χ1n) is 6.12. The lowest BCUT2D eigenvalue weighted by Crippen LogP contribution is -2.04. The molecule has 0 saturated carbocycles. The molecule has 100 valence electrons. The number of aromatic nitrogens is 1. The predicted molar refractivity (Wildman–Crippen MR) is 72.7 cm³/mol. The molecule has 2 N–H and O–H groups in total. The molecule has 0 aliphatic rings. The predicted octanol–water partition coefficient (Wildman–Crippen LogP) is 3.93. The molecule has 1 heterocycles. The Hall–Kier alpha value is -2.17. The Morgan fingerprint density at radius 3 is 2.58 bits per heavy atom. The zero-order valence-electron chi connectivity index (χ0n) is 10.6. The molecule has 0 spiro atoms. The van der Waals surface area contributed by atoms with Crippen molar-refractivity contribution >= 4 is 17.3 Å². The average molecular weight is 263 g/mol. The van der Waals surface area contributed by atoms with Gasteiger partial charge in [-0.2, -0.15) is 0 Å². The fourth-order valence-electron chi connectivity index (χ4n) is 1.59. The molecule has 0 atom stereocenters. The van der Waals surface area contributed by atoms with Crippen molar-refractivity contribution in [2.45, 2.75) is 13.3 Å². The summed E-state index contributed by atoms with van der Waals surface area (Å²) in [4.78, 5) is 4.26. The molecule has 5 heteroatoms. The summed E-state index contributed by atoms with van der Waals surface area (Å²) in [5, 5.41) is 5.89. The summed E-state index contributed by atoms with van der Waals surface area (Å²) < 4.78 is 26.6. The lowest BCUT2D eigenvalue weighted by Gasteiger charge is -2.09. The van der Waals surface area contributed by atoms with Crippen molar-refractivity contribution in [2.24, 2.45) is 0 Å². The fraction of sp³-hybridized carbons (Fsp3) is 0.214. The standard InChI is InChI=1S/C14H15F2N3/c1-2-9-17-12-7-4-8-13(19-12)18-11-6-3-5-10(15)14(11)16/h3-8H,2,9H2,1H3,(H2,17,18,19). The lowest BCUT2D eigenvalue weighted by molar-refractivity contribution is 0.511. The number of nitrogens with one attached hydrogen (secondary N) is 2. The highest BCUT2D eigenvalue weighted by atomic mass is 19.2. The second-order valence-electron chi connectivity index (χ2n) is 4.06. The summed E-state index contributed by atoms with van der Waals surface area (Å²) in [7, 11) is 0. The van der Waals surface area contributed by atoms with Crippen molar-refractivity contribution in [3.8, 4) is 0 Å². The van der Waals surface area contributed by atoms with Gasteiger partial charge >= 0.3 is 0 Å².